The monoisotopic (exact) mass is 565 g/mol. The number of nitrogens with one attached hydrogen (secondary N) is 1. The van der Waals surface area contributed by atoms with Gasteiger partial charge in [-0.1, -0.05) is 17.7 Å². The van der Waals surface area contributed by atoms with Crippen molar-refractivity contribution in [1.29, 1.82) is 0 Å². The van der Waals surface area contributed by atoms with Crippen molar-refractivity contribution in [3.05, 3.63) is 85.9 Å². The summed E-state index contributed by atoms with van der Waals surface area (Å²) in [4.78, 5) is 47.9. The lowest BCUT2D eigenvalue weighted by molar-refractivity contribution is 0.0746. The molecular formula is C28H25ClFN5O3S. The first-order valence-corrected chi connectivity index (χ1v) is 13.9. The van der Waals surface area contributed by atoms with Gasteiger partial charge in [-0.05, 0) is 50.1 Å². The molecule has 1 saturated heterocycles. The molecule has 2 aliphatic rings. The normalized spacial score (nSPS) is 15.6. The summed E-state index contributed by atoms with van der Waals surface area (Å²) in [5.41, 5.74) is 0.934. The first-order chi connectivity index (χ1) is 18.8. The molecule has 2 fully saturated rings. The van der Waals surface area contributed by atoms with E-state index in [4.69, 9.17) is 11.6 Å². The topological polar surface area (TPSA) is 87.5 Å². The number of hydrogen-bond acceptors (Lipinski definition) is 6. The van der Waals surface area contributed by atoms with E-state index in [2.05, 4.69) is 10.3 Å². The Bertz CT molecular complexity index is 1670. The van der Waals surface area contributed by atoms with Crippen molar-refractivity contribution in [3.63, 3.8) is 0 Å². The predicted molar refractivity (Wildman–Crippen MR) is 151 cm³/mol. The van der Waals surface area contributed by atoms with Gasteiger partial charge in [0.1, 0.15) is 11.4 Å². The van der Waals surface area contributed by atoms with Gasteiger partial charge in [-0.15, -0.1) is 11.3 Å². The second-order valence-corrected chi connectivity index (χ2v) is 11.5. The molecule has 2 aromatic carbocycles. The largest absolute Gasteiger partial charge is 0.366 e. The van der Waals surface area contributed by atoms with Crippen LogP contribution in [0.1, 0.15) is 44.5 Å². The molecule has 0 spiro atoms. The lowest BCUT2D eigenvalue weighted by atomic mass is 10.1. The Labute approximate surface area is 232 Å². The van der Waals surface area contributed by atoms with Crippen LogP contribution in [-0.2, 0) is 0 Å². The Balaban J connectivity index is 1.28. The molecule has 6 rings (SSSR count). The number of amides is 2. The minimum absolute atomic E-state index is 0.0393. The number of piperazine rings is 1. The summed E-state index contributed by atoms with van der Waals surface area (Å²) in [5.74, 6) is -1.21. The lowest BCUT2D eigenvalue weighted by Crippen LogP contribution is -2.49. The zero-order chi connectivity index (χ0) is 27.3. The van der Waals surface area contributed by atoms with E-state index < -0.39 is 17.2 Å². The van der Waals surface area contributed by atoms with Crippen molar-refractivity contribution in [1.82, 2.24) is 14.5 Å². The second kappa shape index (κ2) is 10.1. The molecular weight excluding hydrogens is 541 g/mol. The van der Waals surface area contributed by atoms with E-state index in [1.54, 1.807) is 47.6 Å². The quantitative estimate of drug-likeness (QED) is 0.363. The number of nitrogens with zero attached hydrogens (tertiary/aromatic N) is 4. The average Bonchev–Trinajstić information content (AvgIpc) is 3.69. The van der Waals surface area contributed by atoms with Gasteiger partial charge in [0.15, 0.2) is 5.13 Å². The van der Waals surface area contributed by atoms with Gasteiger partial charge in [0.2, 0.25) is 5.43 Å². The lowest BCUT2D eigenvalue weighted by Gasteiger charge is -2.36. The zero-order valence-corrected chi connectivity index (χ0v) is 22.7. The number of hydrogen-bond donors (Lipinski definition) is 1. The van der Waals surface area contributed by atoms with Crippen LogP contribution >= 0.6 is 22.9 Å². The van der Waals surface area contributed by atoms with Crippen molar-refractivity contribution in [2.24, 2.45) is 0 Å². The van der Waals surface area contributed by atoms with Gasteiger partial charge in [0.05, 0.1) is 11.2 Å². The Morgan fingerprint density at radius 3 is 2.56 bits per heavy atom. The number of halogens is 2. The summed E-state index contributed by atoms with van der Waals surface area (Å²) in [7, 11) is 0. The van der Waals surface area contributed by atoms with Crippen molar-refractivity contribution in [2.45, 2.75) is 25.8 Å². The Kier molecular flexibility index (Phi) is 6.60. The standard InChI is InChI=1S/C28H25ClFN5O3S/c1-16-14-31-28(39-16)32-26(37)21-15-35(19-5-6-19)23-13-24(22(30)12-20(23)25(21)36)33-7-9-34(10-8-33)27(38)17-3-2-4-18(29)11-17/h2-4,11-15,19H,5-10H2,1H3,(H,31,32,37). The molecule has 0 atom stereocenters. The highest BCUT2D eigenvalue weighted by molar-refractivity contribution is 7.15. The summed E-state index contributed by atoms with van der Waals surface area (Å²) in [6.07, 6.45) is 5.07. The molecule has 11 heteroatoms. The van der Waals surface area contributed by atoms with Crippen molar-refractivity contribution in [2.75, 3.05) is 36.4 Å². The van der Waals surface area contributed by atoms with Crippen molar-refractivity contribution < 1.29 is 14.0 Å². The molecule has 1 N–H and O–H groups in total. The zero-order valence-electron chi connectivity index (χ0n) is 21.1. The third kappa shape index (κ3) is 5.02. The number of fused-ring (bicyclic) bond motifs is 1. The van der Waals surface area contributed by atoms with Gasteiger partial charge >= 0.3 is 0 Å². The van der Waals surface area contributed by atoms with E-state index in [-0.39, 0.29) is 22.9 Å². The summed E-state index contributed by atoms with van der Waals surface area (Å²) < 4.78 is 17.4. The maximum absolute atomic E-state index is 15.5. The second-order valence-electron chi connectivity index (χ2n) is 9.85. The van der Waals surface area contributed by atoms with Crippen LogP contribution < -0.4 is 15.6 Å². The third-order valence-corrected chi connectivity index (χ3v) is 8.17. The van der Waals surface area contributed by atoms with Gasteiger partial charge in [-0.3, -0.25) is 19.7 Å². The Morgan fingerprint density at radius 1 is 1.13 bits per heavy atom. The van der Waals surface area contributed by atoms with Crippen LogP contribution in [0.5, 0.6) is 0 Å². The molecule has 0 bridgehead atoms. The van der Waals surface area contributed by atoms with E-state index in [1.807, 2.05) is 16.4 Å². The predicted octanol–water partition coefficient (Wildman–Crippen LogP) is 5.11. The number of rotatable bonds is 5. The molecule has 2 aromatic heterocycles. The van der Waals surface area contributed by atoms with Gasteiger partial charge in [0.25, 0.3) is 11.8 Å². The number of aryl methyl sites for hydroxylation is 1. The van der Waals surface area contributed by atoms with Crippen LogP contribution in [0, 0.1) is 12.7 Å². The molecule has 39 heavy (non-hydrogen) atoms. The molecule has 8 nitrogen and oxygen atoms in total. The SMILES string of the molecule is Cc1cnc(NC(=O)c2cn(C3CC3)c3cc(N4CCN(C(=O)c5cccc(Cl)c5)CC4)c(F)cc3c2=O)s1. The van der Waals surface area contributed by atoms with E-state index in [9.17, 15) is 14.4 Å². The molecule has 0 radical (unpaired) electrons. The molecule has 200 valence electrons. The number of carbonyl (C=O) groups excluding carboxylic acids is 2. The van der Waals surface area contributed by atoms with Crippen LogP contribution in [0.2, 0.25) is 5.02 Å². The molecule has 4 aromatic rings. The van der Waals surface area contributed by atoms with Gasteiger partial charge < -0.3 is 14.4 Å². The van der Waals surface area contributed by atoms with Crippen LogP contribution in [-0.4, -0.2) is 52.4 Å². The first kappa shape index (κ1) is 25.5. The fourth-order valence-corrected chi connectivity index (χ4v) is 5.80. The van der Waals surface area contributed by atoms with Crippen LogP contribution in [0.25, 0.3) is 10.9 Å². The number of aromatic nitrogens is 2. The van der Waals surface area contributed by atoms with Gasteiger partial charge in [0, 0.05) is 65.5 Å². The average molecular weight is 566 g/mol. The molecule has 1 aliphatic carbocycles. The van der Waals surface area contributed by atoms with E-state index in [0.29, 0.717) is 53.1 Å². The number of benzene rings is 2. The van der Waals surface area contributed by atoms with Crippen LogP contribution in [0.15, 0.2) is 53.6 Å². The maximum atomic E-state index is 15.5. The summed E-state index contributed by atoms with van der Waals surface area (Å²) in [6.45, 7) is 3.61. The number of pyridine rings is 1. The highest BCUT2D eigenvalue weighted by Crippen LogP contribution is 2.38. The maximum Gasteiger partial charge on any atom is 0.262 e. The first-order valence-electron chi connectivity index (χ1n) is 12.7. The van der Waals surface area contributed by atoms with Crippen molar-refractivity contribution in [3.8, 4) is 0 Å². The molecule has 2 amide bonds. The van der Waals surface area contributed by atoms with E-state index in [0.717, 1.165) is 17.7 Å². The molecule has 1 aliphatic heterocycles. The fourth-order valence-electron chi connectivity index (χ4n) is 4.95. The van der Waals surface area contributed by atoms with E-state index >= 15 is 4.39 Å². The van der Waals surface area contributed by atoms with Crippen molar-refractivity contribution >= 4 is 56.5 Å². The number of carbonyl (C=O) groups is 2. The minimum atomic E-state index is -0.560. The highest BCUT2D eigenvalue weighted by Gasteiger charge is 2.29. The van der Waals surface area contributed by atoms with Gasteiger partial charge in [-0.25, -0.2) is 9.37 Å². The van der Waals surface area contributed by atoms with Crippen LogP contribution in [0.3, 0.4) is 0 Å². The molecule has 0 unspecified atom stereocenters. The molecule has 1 saturated carbocycles. The number of anilines is 2. The minimum Gasteiger partial charge on any atom is -0.366 e. The summed E-state index contributed by atoms with van der Waals surface area (Å²) >= 11 is 7.36. The smallest absolute Gasteiger partial charge is 0.262 e. The Morgan fingerprint density at radius 2 is 1.90 bits per heavy atom. The van der Waals surface area contributed by atoms with E-state index in [1.165, 1.54) is 17.4 Å². The van der Waals surface area contributed by atoms with Gasteiger partial charge in [-0.2, -0.15) is 0 Å². The molecule has 3 heterocycles. The summed E-state index contributed by atoms with van der Waals surface area (Å²) in [5, 5.41) is 3.76. The number of thiazole rings is 1. The Hall–Kier alpha value is -3.76. The van der Waals surface area contributed by atoms with Crippen LogP contribution in [0.4, 0.5) is 15.2 Å². The summed E-state index contributed by atoms with van der Waals surface area (Å²) in [6, 6.07) is 9.91. The fraction of sp³-hybridized carbons (Fsp3) is 0.286. The third-order valence-electron chi connectivity index (χ3n) is 7.11. The highest BCUT2D eigenvalue weighted by atomic mass is 35.5.